The molecule has 0 saturated heterocycles. The van der Waals surface area contributed by atoms with Crippen LogP contribution in [0.2, 0.25) is 10.0 Å². The van der Waals surface area contributed by atoms with E-state index < -0.39 is 0 Å². The number of anilines is 2. The second kappa shape index (κ2) is 8.66. The summed E-state index contributed by atoms with van der Waals surface area (Å²) in [5, 5.41) is 6.87. The van der Waals surface area contributed by atoms with Gasteiger partial charge in [0, 0.05) is 25.1 Å². The van der Waals surface area contributed by atoms with Crippen molar-refractivity contribution in [3.05, 3.63) is 46.4 Å². The van der Waals surface area contributed by atoms with E-state index in [0.29, 0.717) is 39.5 Å². The average molecular weight is 369 g/mol. The molecule has 0 fully saturated rings. The molecule has 0 radical (unpaired) electrons. The number of ether oxygens (including phenoxy) is 2. The molecule has 24 heavy (non-hydrogen) atoms. The van der Waals surface area contributed by atoms with E-state index in [2.05, 4.69) is 10.6 Å². The van der Waals surface area contributed by atoms with Crippen molar-refractivity contribution in [2.24, 2.45) is 0 Å². The Bertz CT molecular complexity index is 723. The molecule has 0 saturated carbocycles. The summed E-state index contributed by atoms with van der Waals surface area (Å²) in [7, 11) is 3.09. The fourth-order valence-electron chi connectivity index (χ4n) is 2.08. The van der Waals surface area contributed by atoms with Crippen molar-refractivity contribution in [2.45, 2.75) is 6.42 Å². The first-order valence-corrected chi connectivity index (χ1v) is 8.00. The van der Waals surface area contributed by atoms with Crippen molar-refractivity contribution in [3.63, 3.8) is 0 Å². The van der Waals surface area contributed by atoms with Gasteiger partial charge in [0.25, 0.3) is 0 Å². The van der Waals surface area contributed by atoms with Gasteiger partial charge < -0.3 is 20.1 Å². The Labute approximate surface area is 150 Å². The highest BCUT2D eigenvalue weighted by atomic mass is 35.5. The summed E-state index contributed by atoms with van der Waals surface area (Å²) in [6.07, 6.45) is 0.263. The topological polar surface area (TPSA) is 59.6 Å². The van der Waals surface area contributed by atoms with E-state index in [-0.39, 0.29) is 12.3 Å². The number of hydrogen-bond donors (Lipinski definition) is 2. The summed E-state index contributed by atoms with van der Waals surface area (Å²) in [4.78, 5) is 12.0. The average Bonchev–Trinajstić information content (AvgIpc) is 2.57. The van der Waals surface area contributed by atoms with Crippen LogP contribution in [0.1, 0.15) is 6.42 Å². The molecule has 0 aliphatic rings. The van der Waals surface area contributed by atoms with E-state index in [9.17, 15) is 4.79 Å². The first kappa shape index (κ1) is 18.2. The van der Waals surface area contributed by atoms with Gasteiger partial charge in [0.2, 0.25) is 5.91 Å². The Morgan fingerprint density at radius 1 is 1.00 bits per heavy atom. The number of hydrogen-bond acceptors (Lipinski definition) is 4. The SMILES string of the molecule is COc1cc(NCCC(=O)Nc2ccccc2Cl)c(OC)cc1Cl. The van der Waals surface area contributed by atoms with Crippen LogP contribution in [0.3, 0.4) is 0 Å². The van der Waals surface area contributed by atoms with Crippen molar-refractivity contribution in [3.8, 4) is 11.5 Å². The van der Waals surface area contributed by atoms with Gasteiger partial charge in [-0.05, 0) is 12.1 Å². The van der Waals surface area contributed by atoms with Crippen LogP contribution >= 0.6 is 23.2 Å². The van der Waals surface area contributed by atoms with Gasteiger partial charge in [-0.25, -0.2) is 0 Å². The molecule has 2 aromatic carbocycles. The summed E-state index contributed by atoms with van der Waals surface area (Å²) >= 11 is 12.1. The standard InChI is InChI=1S/C17H18Cl2N2O3/c1-23-15-10-14(16(24-2)9-12(15)19)20-8-7-17(22)21-13-6-4-3-5-11(13)18/h3-6,9-10,20H,7-8H2,1-2H3,(H,21,22). The fourth-order valence-corrected chi connectivity index (χ4v) is 2.50. The Balaban J connectivity index is 1.94. The number of methoxy groups -OCH3 is 2. The van der Waals surface area contributed by atoms with Gasteiger partial charge >= 0.3 is 0 Å². The predicted molar refractivity (Wildman–Crippen MR) is 97.7 cm³/mol. The van der Waals surface area contributed by atoms with Crippen LogP contribution in [-0.4, -0.2) is 26.7 Å². The number of halogens is 2. The smallest absolute Gasteiger partial charge is 0.226 e. The number of carbonyl (C=O) groups is 1. The predicted octanol–water partition coefficient (Wildman–Crippen LogP) is 4.45. The third-order valence-corrected chi connectivity index (χ3v) is 3.91. The van der Waals surface area contributed by atoms with Crippen molar-refractivity contribution in [2.75, 3.05) is 31.4 Å². The van der Waals surface area contributed by atoms with Crippen LogP contribution in [-0.2, 0) is 4.79 Å². The molecule has 0 heterocycles. The van der Waals surface area contributed by atoms with E-state index >= 15 is 0 Å². The van der Waals surface area contributed by atoms with E-state index in [1.165, 1.54) is 7.11 Å². The van der Waals surface area contributed by atoms with Crippen molar-refractivity contribution in [1.29, 1.82) is 0 Å². The molecule has 2 rings (SSSR count). The zero-order valence-electron chi connectivity index (χ0n) is 13.4. The maximum atomic E-state index is 12.0. The van der Waals surface area contributed by atoms with Crippen LogP contribution in [0, 0.1) is 0 Å². The Morgan fingerprint density at radius 2 is 1.71 bits per heavy atom. The van der Waals surface area contributed by atoms with Crippen LogP contribution in [0.25, 0.3) is 0 Å². The molecule has 0 unspecified atom stereocenters. The molecular weight excluding hydrogens is 351 g/mol. The van der Waals surface area contributed by atoms with Crippen LogP contribution in [0.15, 0.2) is 36.4 Å². The second-order valence-corrected chi connectivity index (χ2v) is 5.71. The maximum Gasteiger partial charge on any atom is 0.226 e. The van der Waals surface area contributed by atoms with Gasteiger partial charge in [-0.2, -0.15) is 0 Å². The largest absolute Gasteiger partial charge is 0.495 e. The molecule has 0 spiro atoms. The number of nitrogens with one attached hydrogen (secondary N) is 2. The van der Waals surface area contributed by atoms with Crippen molar-refractivity contribution >= 4 is 40.5 Å². The zero-order chi connectivity index (χ0) is 17.5. The van der Waals surface area contributed by atoms with E-state index in [1.807, 2.05) is 6.07 Å². The first-order chi connectivity index (χ1) is 11.5. The Kier molecular flexibility index (Phi) is 6.58. The molecule has 7 heteroatoms. The Hall–Kier alpha value is -2.11. The molecule has 0 aromatic heterocycles. The summed E-state index contributed by atoms with van der Waals surface area (Å²) < 4.78 is 10.5. The molecule has 1 amide bonds. The quantitative estimate of drug-likeness (QED) is 0.757. The van der Waals surface area contributed by atoms with Crippen LogP contribution in [0.4, 0.5) is 11.4 Å². The van der Waals surface area contributed by atoms with Gasteiger partial charge in [-0.15, -0.1) is 0 Å². The molecule has 2 aromatic rings. The van der Waals surface area contributed by atoms with Gasteiger partial charge in [0.05, 0.1) is 35.6 Å². The molecule has 0 bridgehead atoms. The van der Waals surface area contributed by atoms with Crippen LogP contribution < -0.4 is 20.1 Å². The molecule has 2 N–H and O–H groups in total. The van der Waals surface area contributed by atoms with Gasteiger partial charge in [-0.1, -0.05) is 35.3 Å². The molecular formula is C17H18Cl2N2O3. The minimum Gasteiger partial charge on any atom is -0.495 e. The highest BCUT2D eigenvalue weighted by Crippen LogP contribution is 2.35. The van der Waals surface area contributed by atoms with Gasteiger partial charge in [-0.3, -0.25) is 4.79 Å². The van der Waals surface area contributed by atoms with Gasteiger partial charge in [0.1, 0.15) is 11.5 Å². The lowest BCUT2D eigenvalue weighted by Gasteiger charge is -2.14. The molecule has 0 atom stereocenters. The van der Waals surface area contributed by atoms with Crippen molar-refractivity contribution < 1.29 is 14.3 Å². The van der Waals surface area contributed by atoms with Crippen molar-refractivity contribution in [1.82, 2.24) is 0 Å². The minimum atomic E-state index is -0.143. The number of rotatable bonds is 7. The summed E-state index contributed by atoms with van der Waals surface area (Å²) in [5.74, 6) is 0.961. The van der Waals surface area contributed by atoms with E-state index in [4.69, 9.17) is 32.7 Å². The molecule has 5 nitrogen and oxygen atoms in total. The first-order valence-electron chi connectivity index (χ1n) is 7.25. The Morgan fingerprint density at radius 3 is 2.38 bits per heavy atom. The highest BCUT2D eigenvalue weighted by Gasteiger charge is 2.10. The number of para-hydroxylation sites is 1. The minimum absolute atomic E-state index is 0.143. The van der Waals surface area contributed by atoms with Crippen LogP contribution in [0.5, 0.6) is 11.5 Å². The summed E-state index contributed by atoms with van der Waals surface area (Å²) in [6.45, 7) is 0.414. The fraction of sp³-hybridized carbons (Fsp3) is 0.235. The zero-order valence-corrected chi connectivity index (χ0v) is 14.9. The number of benzene rings is 2. The highest BCUT2D eigenvalue weighted by molar-refractivity contribution is 6.33. The molecule has 0 aliphatic carbocycles. The second-order valence-electron chi connectivity index (χ2n) is 4.89. The lowest BCUT2D eigenvalue weighted by molar-refractivity contribution is -0.115. The van der Waals surface area contributed by atoms with E-state index in [1.54, 1.807) is 37.4 Å². The third kappa shape index (κ3) is 4.69. The monoisotopic (exact) mass is 368 g/mol. The number of amides is 1. The normalized spacial score (nSPS) is 10.2. The molecule has 0 aliphatic heterocycles. The number of carbonyl (C=O) groups excluding carboxylic acids is 1. The van der Waals surface area contributed by atoms with E-state index in [0.717, 1.165) is 0 Å². The van der Waals surface area contributed by atoms with Gasteiger partial charge in [0.15, 0.2) is 0 Å². The summed E-state index contributed by atoms with van der Waals surface area (Å²) in [5.41, 5.74) is 1.29. The molecule has 128 valence electrons. The third-order valence-electron chi connectivity index (χ3n) is 3.29. The maximum absolute atomic E-state index is 12.0. The lowest BCUT2D eigenvalue weighted by atomic mass is 10.2. The lowest BCUT2D eigenvalue weighted by Crippen LogP contribution is -2.16. The summed E-state index contributed by atoms with van der Waals surface area (Å²) in [6, 6.07) is 10.5.